The minimum Gasteiger partial charge on any atom is -0.309 e. The van der Waals surface area contributed by atoms with Gasteiger partial charge in [-0.2, -0.15) is 0 Å². The highest BCUT2D eigenvalue weighted by molar-refractivity contribution is 6.09. The molecule has 0 amide bonds. The van der Waals surface area contributed by atoms with Crippen molar-refractivity contribution in [1.29, 1.82) is 0 Å². The highest BCUT2D eigenvalue weighted by Crippen LogP contribution is 2.54. The van der Waals surface area contributed by atoms with Gasteiger partial charge in [-0.15, -0.1) is 0 Å². The number of para-hydroxylation sites is 2. The Balaban J connectivity index is 1.10. The molecular formula is C64H45N. The lowest BCUT2D eigenvalue weighted by Crippen LogP contribution is -2.22. The van der Waals surface area contributed by atoms with Gasteiger partial charge in [-0.05, 0) is 120 Å². The first kappa shape index (κ1) is 38.4. The molecule has 1 aliphatic carbocycles. The van der Waals surface area contributed by atoms with E-state index in [1.165, 1.54) is 82.7 Å². The molecule has 65 heavy (non-hydrogen) atoms. The summed E-state index contributed by atoms with van der Waals surface area (Å²) in [6.07, 6.45) is 0. The Labute approximate surface area is 381 Å². The van der Waals surface area contributed by atoms with Gasteiger partial charge in [0, 0.05) is 22.2 Å². The highest BCUT2D eigenvalue weighted by atomic mass is 15.1. The lowest BCUT2D eigenvalue weighted by atomic mass is 9.74. The summed E-state index contributed by atoms with van der Waals surface area (Å²) in [7, 11) is 0. The van der Waals surface area contributed by atoms with Gasteiger partial charge in [0.05, 0.1) is 11.4 Å². The average molecular weight is 828 g/mol. The quantitative estimate of drug-likeness (QED) is 0.147. The Kier molecular flexibility index (Phi) is 9.35. The van der Waals surface area contributed by atoms with Crippen LogP contribution in [0, 0.1) is 0 Å². The zero-order chi connectivity index (χ0) is 43.3. The molecule has 306 valence electrons. The van der Waals surface area contributed by atoms with Gasteiger partial charge < -0.3 is 4.90 Å². The summed E-state index contributed by atoms with van der Waals surface area (Å²) >= 11 is 0. The first-order valence-corrected chi connectivity index (χ1v) is 22.6. The molecule has 12 rings (SSSR count). The van der Waals surface area contributed by atoms with Crippen molar-refractivity contribution in [3.63, 3.8) is 0 Å². The van der Waals surface area contributed by atoms with Gasteiger partial charge in [0.25, 0.3) is 0 Å². The third-order valence-electron chi connectivity index (χ3n) is 13.8. The van der Waals surface area contributed by atoms with Crippen LogP contribution in [0.15, 0.2) is 255 Å². The molecule has 0 N–H and O–H groups in total. The maximum atomic E-state index is 2.50. The van der Waals surface area contributed by atoms with E-state index in [0.717, 1.165) is 28.2 Å². The Morgan fingerprint density at radius 2 is 0.831 bits per heavy atom. The first-order valence-electron chi connectivity index (χ1n) is 22.6. The fraction of sp³-hybridized carbons (Fsp3) is 0.0312. The number of fused-ring (bicyclic) bond motifs is 5. The zero-order valence-electron chi connectivity index (χ0n) is 36.2. The van der Waals surface area contributed by atoms with Crippen LogP contribution in [-0.2, 0) is 5.41 Å². The minimum atomic E-state index is -0.317. The monoisotopic (exact) mass is 827 g/mol. The molecule has 0 spiro atoms. The topological polar surface area (TPSA) is 3.24 Å². The fourth-order valence-corrected chi connectivity index (χ4v) is 10.7. The van der Waals surface area contributed by atoms with E-state index >= 15 is 0 Å². The summed E-state index contributed by atoms with van der Waals surface area (Å²) < 4.78 is 0. The molecular weight excluding hydrogens is 783 g/mol. The van der Waals surface area contributed by atoms with Crippen molar-refractivity contribution in [1.82, 2.24) is 0 Å². The fourth-order valence-electron chi connectivity index (χ4n) is 10.7. The van der Waals surface area contributed by atoms with Crippen molar-refractivity contribution in [2.24, 2.45) is 0 Å². The predicted octanol–water partition coefficient (Wildman–Crippen LogP) is 17.5. The standard InChI is InChI=1S/C64H45N/c1-64(49-27-6-3-7-28-49)59-37-13-10-32-55(59)56-41-40-48(43-60(56)64)53-31-11-14-38-61(53)65(50-29-16-26-47(42-50)52-34-17-23-44-22-8-9-30-51(44)52)62-39-15-12-33-57(62)58-36-19-25-46-24-18-35-54(63(46)58)45-20-4-2-5-21-45/h2-43H,1H3. The van der Waals surface area contributed by atoms with Gasteiger partial charge in [0.2, 0.25) is 0 Å². The molecule has 1 heteroatoms. The van der Waals surface area contributed by atoms with Crippen molar-refractivity contribution in [3.8, 4) is 55.6 Å². The minimum absolute atomic E-state index is 0.317. The maximum absolute atomic E-state index is 2.50. The van der Waals surface area contributed by atoms with Crippen LogP contribution in [0.3, 0.4) is 0 Å². The number of hydrogen-bond acceptors (Lipinski definition) is 1. The van der Waals surface area contributed by atoms with Crippen LogP contribution in [0.2, 0.25) is 0 Å². The van der Waals surface area contributed by atoms with Crippen molar-refractivity contribution in [2.75, 3.05) is 4.90 Å². The summed E-state index contributed by atoms with van der Waals surface area (Å²) in [4.78, 5) is 2.50. The van der Waals surface area contributed by atoms with E-state index in [2.05, 4.69) is 267 Å². The van der Waals surface area contributed by atoms with Gasteiger partial charge in [0.1, 0.15) is 0 Å². The highest BCUT2D eigenvalue weighted by Gasteiger charge is 2.41. The van der Waals surface area contributed by atoms with Crippen LogP contribution in [0.1, 0.15) is 23.6 Å². The molecule has 0 saturated carbocycles. The molecule has 1 unspecified atom stereocenters. The third kappa shape index (κ3) is 6.39. The molecule has 0 aliphatic heterocycles. The Morgan fingerprint density at radius 3 is 1.63 bits per heavy atom. The van der Waals surface area contributed by atoms with Gasteiger partial charge in [-0.1, -0.05) is 224 Å². The molecule has 0 saturated heterocycles. The van der Waals surface area contributed by atoms with Gasteiger partial charge in [-0.3, -0.25) is 0 Å². The zero-order valence-corrected chi connectivity index (χ0v) is 36.2. The van der Waals surface area contributed by atoms with Gasteiger partial charge >= 0.3 is 0 Å². The van der Waals surface area contributed by atoms with E-state index in [1.807, 2.05) is 0 Å². The largest absolute Gasteiger partial charge is 0.309 e. The normalized spacial score (nSPS) is 14.0. The SMILES string of the molecule is CC1(c2ccccc2)c2ccccc2-c2ccc(-c3ccccc3N(c3cccc(-c4cccc5ccccc45)c3)c3ccccc3-c3cccc4cccc(-c5ccccc5)c34)cc21. The van der Waals surface area contributed by atoms with Crippen molar-refractivity contribution >= 4 is 38.6 Å². The Morgan fingerprint density at radius 1 is 0.308 bits per heavy atom. The number of nitrogens with zero attached hydrogens (tertiary/aromatic N) is 1. The first-order chi connectivity index (χ1) is 32.1. The van der Waals surface area contributed by atoms with Crippen molar-refractivity contribution in [3.05, 3.63) is 271 Å². The van der Waals surface area contributed by atoms with Crippen LogP contribution in [0.5, 0.6) is 0 Å². The Bertz CT molecular complexity index is 3560. The number of benzene rings is 11. The van der Waals surface area contributed by atoms with Crippen molar-refractivity contribution in [2.45, 2.75) is 12.3 Å². The number of hydrogen-bond donors (Lipinski definition) is 0. The van der Waals surface area contributed by atoms with Crippen LogP contribution in [0.4, 0.5) is 17.1 Å². The lowest BCUT2D eigenvalue weighted by molar-refractivity contribution is 0.714. The lowest BCUT2D eigenvalue weighted by Gasteiger charge is -2.31. The van der Waals surface area contributed by atoms with Crippen LogP contribution >= 0.6 is 0 Å². The Hall–Kier alpha value is -8.26. The van der Waals surface area contributed by atoms with E-state index in [0.29, 0.717) is 0 Å². The smallest absolute Gasteiger partial charge is 0.0540 e. The molecule has 0 radical (unpaired) electrons. The molecule has 0 heterocycles. The molecule has 11 aromatic rings. The maximum Gasteiger partial charge on any atom is 0.0540 e. The van der Waals surface area contributed by atoms with Crippen molar-refractivity contribution < 1.29 is 0 Å². The van der Waals surface area contributed by atoms with E-state index < -0.39 is 0 Å². The summed E-state index contributed by atoms with van der Waals surface area (Å²) in [5.74, 6) is 0. The molecule has 1 atom stereocenters. The molecule has 0 fully saturated rings. The van der Waals surface area contributed by atoms with E-state index in [-0.39, 0.29) is 5.41 Å². The second kappa shape index (κ2) is 15.8. The average Bonchev–Trinajstić information content (AvgIpc) is 3.64. The number of rotatable bonds is 8. The van der Waals surface area contributed by atoms with Gasteiger partial charge in [0.15, 0.2) is 0 Å². The molecule has 1 aliphatic rings. The summed E-state index contributed by atoms with van der Waals surface area (Å²) in [5.41, 5.74) is 19.0. The van der Waals surface area contributed by atoms with E-state index in [9.17, 15) is 0 Å². The molecule has 11 aromatic carbocycles. The van der Waals surface area contributed by atoms with E-state index in [1.54, 1.807) is 0 Å². The predicted molar refractivity (Wildman–Crippen MR) is 275 cm³/mol. The summed E-state index contributed by atoms with van der Waals surface area (Å²) in [5, 5.41) is 4.92. The summed E-state index contributed by atoms with van der Waals surface area (Å²) in [6, 6.07) is 93.7. The van der Waals surface area contributed by atoms with Gasteiger partial charge in [-0.25, -0.2) is 0 Å². The second-order valence-corrected chi connectivity index (χ2v) is 17.3. The second-order valence-electron chi connectivity index (χ2n) is 17.3. The van der Waals surface area contributed by atoms with Crippen LogP contribution < -0.4 is 4.90 Å². The van der Waals surface area contributed by atoms with Crippen LogP contribution in [0.25, 0.3) is 77.2 Å². The summed E-state index contributed by atoms with van der Waals surface area (Å²) in [6.45, 7) is 2.40. The number of anilines is 3. The molecule has 0 bridgehead atoms. The third-order valence-corrected chi connectivity index (χ3v) is 13.8. The molecule has 0 aromatic heterocycles. The van der Waals surface area contributed by atoms with E-state index in [4.69, 9.17) is 0 Å². The van der Waals surface area contributed by atoms with Crippen LogP contribution in [-0.4, -0.2) is 0 Å². The molecule has 1 nitrogen and oxygen atoms in total.